The minimum absolute atomic E-state index is 0.171. The maximum absolute atomic E-state index is 11.9. The molecule has 2 aromatic carbocycles. The molecule has 3 aromatic rings. The van der Waals surface area contributed by atoms with E-state index in [2.05, 4.69) is 4.98 Å². The van der Waals surface area contributed by atoms with Crippen LogP contribution in [0.2, 0.25) is 0 Å². The molecule has 0 radical (unpaired) electrons. The number of carbonyl (C=O) groups excluding carboxylic acids is 2. The van der Waals surface area contributed by atoms with Gasteiger partial charge in [0, 0.05) is 22.2 Å². The van der Waals surface area contributed by atoms with Crippen LogP contribution in [-0.4, -0.2) is 21.8 Å². The maximum atomic E-state index is 11.9. The van der Waals surface area contributed by atoms with Crippen molar-refractivity contribution in [1.82, 2.24) is 4.98 Å². The molecule has 0 N–H and O–H groups in total. The molecule has 0 saturated carbocycles. The lowest BCUT2D eigenvalue weighted by Gasteiger charge is -2.16. The van der Waals surface area contributed by atoms with Crippen LogP contribution < -0.4 is 0 Å². The Kier molecular flexibility index (Phi) is 2.30. The topological polar surface area (TPSA) is 99.4 Å². The molecule has 0 spiro atoms. The van der Waals surface area contributed by atoms with Crippen molar-refractivity contribution >= 4 is 39.3 Å². The standard InChI is InChI=1S/C15H6N2O5/c18-14-10-3-1-2-9-12(10)11(15(19)22-14)5-7-4-8(17(20)21)6-16-13(7)9/h1-6H. The first kappa shape index (κ1) is 12.4. The molecule has 1 aromatic heterocycles. The maximum Gasteiger partial charge on any atom is 0.346 e. The Morgan fingerprint density at radius 2 is 1.86 bits per heavy atom. The van der Waals surface area contributed by atoms with Crippen molar-refractivity contribution in [3.05, 3.63) is 57.8 Å². The van der Waals surface area contributed by atoms with Gasteiger partial charge in [0.15, 0.2) is 0 Å². The normalized spacial score (nSPS) is 13.5. The van der Waals surface area contributed by atoms with Gasteiger partial charge in [-0.1, -0.05) is 12.1 Å². The molecule has 0 bridgehead atoms. The van der Waals surface area contributed by atoms with Gasteiger partial charge in [0.05, 0.1) is 21.6 Å². The van der Waals surface area contributed by atoms with Crippen molar-refractivity contribution in [2.45, 2.75) is 0 Å². The summed E-state index contributed by atoms with van der Waals surface area (Å²) in [6, 6.07) is 7.75. The van der Waals surface area contributed by atoms with Gasteiger partial charge in [-0.2, -0.15) is 0 Å². The molecule has 0 saturated heterocycles. The second kappa shape index (κ2) is 4.08. The average molecular weight is 294 g/mol. The van der Waals surface area contributed by atoms with Gasteiger partial charge in [-0.05, 0) is 12.1 Å². The number of cyclic esters (lactones) is 2. The highest BCUT2D eigenvalue weighted by atomic mass is 16.6. The predicted octanol–water partition coefficient (Wildman–Crippen LogP) is 2.61. The predicted molar refractivity (Wildman–Crippen MR) is 75.6 cm³/mol. The molecule has 0 atom stereocenters. The third kappa shape index (κ3) is 1.53. The van der Waals surface area contributed by atoms with Crippen molar-refractivity contribution in [3.63, 3.8) is 0 Å². The Morgan fingerprint density at radius 1 is 1.09 bits per heavy atom. The third-order valence-electron chi connectivity index (χ3n) is 3.63. The van der Waals surface area contributed by atoms with E-state index >= 15 is 0 Å². The molecule has 7 nitrogen and oxygen atoms in total. The van der Waals surface area contributed by atoms with Crippen molar-refractivity contribution < 1.29 is 19.2 Å². The van der Waals surface area contributed by atoms with Gasteiger partial charge < -0.3 is 4.74 Å². The van der Waals surface area contributed by atoms with Crippen LogP contribution in [0.3, 0.4) is 0 Å². The molecule has 22 heavy (non-hydrogen) atoms. The van der Waals surface area contributed by atoms with Crippen molar-refractivity contribution in [1.29, 1.82) is 0 Å². The molecule has 0 aliphatic carbocycles. The van der Waals surface area contributed by atoms with Crippen LogP contribution in [-0.2, 0) is 4.74 Å². The Labute approximate surface area is 122 Å². The summed E-state index contributed by atoms with van der Waals surface area (Å²) in [5.41, 5.74) is 0.818. The fourth-order valence-corrected chi connectivity index (χ4v) is 2.70. The number of aromatic nitrogens is 1. The third-order valence-corrected chi connectivity index (χ3v) is 3.63. The molecule has 0 unspecified atom stereocenters. The minimum Gasteiger partial charge on any atom is -0.386 e. The molecule has 1 aliphatic heterocycles. The van der Waals surface area contributed by atoms with Crippen molar-refractivity contribution in [2.75, 3.05) is 0 Å². The number of hydrogen-bond acceptors (Lipinski definition) is 6. The minimum atomic E-state index is -0.762. The van der Waals surface area contributed by atoms with E-state index in [1.807, 2.05) is 0 Å². The van der Waals surface area contributed by atoms with Gasteiger partial charge in [0.2, 0.25) is 0 Å². The molecule has 0 fully saturated rings. The Hall–Kier alpha value is -3.35. The first-order valence-corrected chi connectivity index (χ1v) is 6.32. The van der Waals surface area contributed by atoms with Crippen LogP contribution in [0.25, 0.3) is 21.7 Å². The van der Waals surface area contributed by atoms with Gasteiger partial charge in [0.25, 0.3) is 5.69 Å². The van der Waals surface area contributed by atoms with E-state index in [9.17, 15) is 19.7 Å². The Bertz CT molecular complexity index is 1030. The van der Waals surface area contributed by atoms with Gasteiger partial charge in [-0.15, -0.1) is 0 Å². The summed E-state index contributed by atoms with van der Waals surface area (Å²) in [5, 5.41) is 12.4. The van der Waals surface area contributed by atoms with E-state index in [0.717, 1.165) is 6.20 Å². The molecule has 4 rings (SSSR count). The number of rotatable bonds is 1. The number of nitrogens with zero attached hydrogens (tertiary/aromatic N) is 2. The number of benzene rings is 2. The van der Waals surface area contributed by atoms with Gasteiger partial charge >= 0.3 is 11.9 Å². The second-order valence-electron chi connectivity index (χ2n) is 4.85. The first-order chi connectivity index (χ1) is 10.6. The fourth-order valence-electron chi connectivity index (χ4n) is 2.70. The van der Waals surface area contributed by atoms with Crippen molar-refractivity contribution in [3.8, 4) is 0 Å². The van der Waals surface area contributed by atoms with E-state index in [1.165, 1.54) is 12.1 Å². The van der Waals surface area contributed by atoms with E-state index in [1.54, 1.807) is 18.2 Å². The first-order valence-electron chi connectivity index (χ1n) is 6.32. The lowest BCUT2D eigenvalue weighted by molar-refractivity contribution is -0.385. The summed E-state index contributed by atoms with van der Waals surface area (Å²) >= 11 is 0. The lowest BCUT2D eigenvalue weighted by Crippen LogP contribution is -2.19. The van der Waals surface area contributed by atoms with Crippen LogP contribution >= 0.6 is 0 Å². The van der Waals surface area contributed by atoms with Crippen LogP contribution in [0.1, 0.15) is 20.7 Å². The van der Waals surface area contributed by atoms with Crippen LogP contribution in [0, 0.1) is 10.1 Å². The zero-order valence-corrected chi connectivity index (χ0v) is 10.9. The summed E-state index contributed by atoms with van der Waals surface area (Å²) < 4.78 is 4.70. The van der Waals surface area contributed by atoms with E-state index < -0.39 is 16.9 Å². The molecule has 106 valence electrons. The number of carbonyl (C=O) groups is 2. The highest BCUT2D eigenvalue weighted by Crippen LogP contribution is 2.34. The van der Waals surface area contributed by atoms with E-state index in [-0.39, 0.29) is 16.8 Å². The monoisotopic (exact) mass is 294 g/mol. The summed E-state index contributed by atoms with van der Waals surface area (Å²) in [7, 11) is 0. The summed E-state index contributed by atoms with van der Waals surface area (Å²) in [6.45, 7) is 0. The lowest BCUT2D eigenvalue weighted by atomic mass is 9.94. The van der Waals surface area contributed by atoms with Crippen LogP contribution in [0.5, 0.6) is 0 Å². The Morgan fingerprint density at radius 3 is 2.64 bits per heavy atom. The van der Waals surface area contributed by atoms with Gasteiger partial charge in [0.1, 0.15) is 6.20 Å². The summed E-state index contributed by atoms with van der Waals surface area (Å²) in [6.07, 6.45) is 1.15. The smallest absolute Gasteiger partial charge is 0.346 e. The number of hydrogen-bond donors (Lipinski definition) is 0. The zero-order valence-electron chi connectivity index (χ0n) is 10.9. The summed E-state index contributed by atoms with van der Waals surface area (Å²) in [4.78, 5) is 38.2. The summed E-state index contributed by atoms with van der Waals surface area (Å²) in [5.74, 6) is -1.47. The Balaban J connectivity index is 2.21. The number of pyridine rings is 1. The highest BCUT2D eigenvalue weighted by molar-refractivity contribution is 6.25. The molecule has 0 amide bonds. The number of fused-ring (bicyclic) bond motifs is 2. The van der Waals surface area contributed by atoms with E-state index in [0.29, 0.717) is 21.7 Å². The van der Waals surface area contributed by atoms with Crippen molar-refractivity contribution in [2.24, 2.45) is 0 Å². The number of esters is 2. The van der Waals surface area contributed by atoms with Gasteiger partial charge in [-0.3, -0.25) is 10.1 Å². The molecular weight excluding hydrogens is 288 g/mol. The largest absolute Gasteiger partial charge is 0.386 e. The van der Waals surface area contributed by atoms with Crippen LogP contribution in [0.4, 0.5) is 5.69 Å². The molecular formula is C15H6N2O5. The number of ether oxygens (including phenoxy) is 1. The second-order valence-corrected chi connectivity index (χ2v) is 4.85. The molecule has 1 aliphatic rings. The fraction of sp³-hybridized carbons (Fsp3) is 0. The molecule has 2 heterocycles. The number of nitro groups is 1. The zero-order chi connectivity index (χ0) is 15.4. The quantitative estimate of drug-likeness (QED) is 0.225. The highest BCUT2D eigenvalue weighted by Gasteiger charge is 2.28. The SMILES string of the molecule is O=C1OC(=O)c2cc3cc([N+](=O)[O-])cnc3c3cccc1c23. The molecule has 7 heteroatoms. The average Bonchev–Trinajstić information content (AvgIpc) is 2.51. The van der Waals surface area contributed by atoms with E-state index in [4.69, 9.17) is 4.74 Å². The van der Waals surface area contributed by atoms with Gasteiger partial charge in [-0.25, -0.2) is 14.6 Å². The van der Waals surface area contributed by atoms with Crippen LogP contribution in [0.15, 0.2) is 36.5 Å².